The van der Waals surface area contributed by atoms with E-state index in [9.17, 15) is 9.59 Å². The number of thioether (sulfide) groups is 1. The van der Waals surface area contributed by atoms with Gasteiger partial charge in [0.2, 0.25) is 0 Å². The molecule has 0 bridgehead atoms. The highest BCUT2D eigenvalue weighted by Gasteiger charge is 2.28. The normalized spacial score (nSPS) is 21.1. The van der Waals surface area contributed by atoms with Crippen LogP contribution in [0, 0.1) is 0 Å². The number of nitrogens with two attached hydrogens (primary N) is 1. The van der Waals surface area contributed by atoms with Gasteiger partial charge in [0, 0.05) is 31.8 Å². The Kier molecular flexibility index (Phi) is 7.33. The van der Waals surface area contributed by atoms with E-state index in [4.69, 9.17) is 15.2 Å². The molecule has 3 rings (SSSR count). The van der Waals surface area contributed by atoms with E-state index in [2.05, 4.69) is 10.2 Å². The third kappa shape index (κ3) is 4.70. The van der Waals surface area contributed by atoms with Crippen LogP contribution in [0.4, 0.5) is 10.5 Å². The fraction of sp³-hybridized carbons (Fsp3) is 0.412. The highest BCUT2D eigenvalue weighted by Crippen LogP contribution is 2.37. The number of carbonyl (C=O) groups is 2. The SMILES string of the molecule is COCCOc1cccc(/C=C2/SC(=O)NC2=O)c1N1CCC(N)C1.Cl. The van der Waals surface area contributed by atoms with Crippen LogP contribution in [0.25, 0.3) is 6.08 Å². The molecule has 1 unspecified atom stereocenters. The van der Waals surface area contributed by atoms with E-state index in [-0.39, 0.29) is 29.6 Å². The summed E-state index contributed by atoms with van der Waals surface area (Å²) in [5.74, 6) is 0.347. The number of methoxy groups -OCH3 is 1. The zero-order valence-corrected chi connectivity index (χ0v) is 16.0. The molecule has 2 aliphatic heterocycles. The maximum Gasteiger partial charge on any atom is 0.290 e. The number of nitrogens with zero attached hydrogens (tertiary/aromatic N) is 1. The Morgan fingerprint density at radius 2 is 2.19 bits per heavy atom. The number of benzene rings is 1. The lowest BCUT2D eigenvalue weighted by molar-refractivity contribution is -0.115. The lowest BCUT2D eigenvalue weighted by Crippen LogP contribution is -2.27. The summed E-state index contributed by atoms with van der Waals surface area (Å²) < 4.78 is 10.9. The fourth-order valence-electron chi connectivity index (χ4n) is 2.90. The molecule has 2 fully saturated rings. The highest BCUT2D eigenvalue weighted by molar-refractivity contribution is 8.18. The maximum atomic E-state index is 11.9. The van der Waals surface area contributed by atoms with Gasteiger partial charge in [-0.3, -0.25) is 14.9 Å². The van der Waals surface area contributed by atoms with Crippen LogP contribution in [0.3, 0.4) is 0 Å². The standard InChI is InChI=1S/C17H21N3O4S.ClH/c1-23-7-8-24-13-4-2-3-11(9-14-16(21)19-17(22)25-14)15(13)20-6-5-12(18)10-20;/h2-4,9,12H,5-8,10,18H2,1H3,(H,19,21,22);1H/b14-9+;. The van der Waals surface area contributed by atoms with Gasteiger partial charge >= 0.3 is 0 Å². The van der Waals surface area contributed by atoms with Crippen molar-refractivity contribution in [1.82, 2.24) is 5.32 Å². The zero-order chi connectivity index (χ0) is 17.8. The Morgan fingerprint density at radius 3 is 2.81 bits per heavy atom. The third-order valence-electron chi connectivity index (χ3n) is 4.04. The van der Waals surface area contributed by atoms with Crippen molar-refractivity contribution >= 4 is 47.1 Å². The van der Waals surface area contributed by atoms with Gasteiger partial charge in [-0.1, -0.05) is 12.1 Å². The van der Waals surface area contributed by atoms with Crippen molar-refractivity contribution in [3.8, 4) is 5.75 Å². The summed E-state index contributed by atoms with van der Waals surface area (Å²) in [6.07, 6.45) is 2.63. The number of halogens is 1. The van der Waals surface area contributed by atoms with E-state index in [0.29, 0.717) is 18.1 Å². The van der Waals surface area contributed by atoms with E-state index in [1.54, 1.807) is 13.2 Å². The minimum Gasteiger partial charge on any atom is -0.489 e. The lowest BCUT2D eigenvalue weighted by atomic mass is 10.1. The number of hydrogen-bond acceptors (Lipinski definition) is 7. The van der Waals surface area contributed by atoms with Crippen molar-refractivity contribution in [2.45, 2.75) is 12.5 Å². The van der Waals surface area contributed by atoms with E-state index < -0.39 is 0 Å². The topological polar surface area (TPSA) is 93.9 Å². The number of imide groups is 1. The van der Waals surface area contributed by atoms with Crippen molar-refractivity contribution in [2.75, 3.05) is 38.3 Å². The molecule has 1 atom stereocenters. The number of amides is 2. The molecule has 2 heterocycles. The molecule has 1 aromatic carbocycles. The van der Waals surface area contributed by atoms with Gasteiger partial charge in [0.1, 0.15) is 12.4 Å². The van der Waals surface area contributed by atoms with Gasteiger partial charge in [0.15, 0.2) is 0 Å². The molecule has 0 aliphatic carbocycles. The van der Waals surface area contributed by atoms with Crippen molar-refractivity contribution in [1.29, 1.82) is 0 Å². The quantitative estimate of drug-likeness (QED) is 0.558. The minimum atomic E-state index is -0.371. The van der Waals surface area contributed by atoms with Crippen LogP contribution < -0.4 is 20.7 Å². The van der Waals surface area contributed by atoms with Crippen LogP contribution >= 0.6 is 24.2 Å². The van der Waals surface area contributed by atoms with Crippen LogP contribution in [0.5, 0.6) is 5.75 Å². The summed E-state index contributed by atoms with van der Waals surface area (Å²) >= 11 is 0.905. The first-order valence-corrected chi connectivity index (χ1v) is 8.90. The molecular formula is C17H22ClN3O4S. The van der Waals surface area contributed by atoms with E-state index in [1.165, 1.54) is 0 Å². The summed E-state index contributed by atoms with van der Waals surface area (Å²) in [6, 6.07) is 5.78. The molecular weight excluding hydrogens is 378 g/mol. The minimum absolute atomic E-state index is 0. The Hall–Kier alpha value is -1.74. The molecule has 2 aliphatic rings. The fourth-order valence-corrected chi connectivity index (χ4v) is 3.57. The monoisotopic (exact) mass is 399 g/mol. The van der Waals surface area contributed by atoms with E-state index in [0.717, 1.165) is 48.3 Å². The molecule has 0 spiro atoms. The Labute approximate surface area is 162 Å². The number of para-hydroxylation sites is 1. The van der Waals surface area contributed by atoms with Crippen LogP contribution in [0.15, 0.2) is 23.1 Å². The van der Waals surface area contributed by atoms with Gasteiger partial charge in [0.05, 0.1) is 17.2 Å². The van der Waals surface area contributed by atoms with Crippen LogP contribution in [0.2, 0.25) is 0 Å². The van der Waals surface area contributed by atoms with Crippen LogP contribution in [0.1, 0.15) is 12.0 Å². The molecule has 2 saturated heterocycles. The predicted molar refractivity (Wildman–Crippen MR) is 105 cm³/mol. The molecule has 142 valence electrons. The highest BCUT2D eigenvalue weighted by atomic mass is 35.5. The van der Waals surface area contributed by atoms with Crippen molar-refractivity contribution in [3.63, 3.8) is 0 Å². The Balaban J connectivity index is 0.00000243. The average molecular weight is 400 g/mol. The molecule has 0 saturated carbocycles. The number of anilines is 1. The summed E-state index contributed by atoms with van der Waals surface area (Å²) in [6.45, 7) is 2.45. The number of nitrogens with one attached hydrogen (secondary N) is 1. The number of ether oxygens (including phenoxy) is 2. The summed E-state index contributed by atoms with van der Waals surface area (Å²) in [5, 5.41) is 1.92. The molecule has 1 aromatic rings. The largest absolute Gasteiger partial charge is 0.489 e. The first kappa shape index (κ1) is 20.6. The van der Waals surface area contributed by atoms with Crippen molar-refractivity contribution in [2.24, 2.45) is 5.73 Å². The van der Waals surface area contributed by atoms with Gasteiger partial charge in [-0.05, 0) is 30.3 Å². The molecule has 2 amide bonds. The molecule has 0 radical (unpaired) electrons. The molecule has 3 N–H and O–H groups in total. The summed E-state index contributed by atoms with van der Waals surface area (Å²) in [4.78, 5) is 25.8. The number of carbonyl (C=O) groups excluding carboxylic acids is 2. The van der Waals surface area contributed by atoms with Crippen molar-refractivity contribution in [3.05, 3.63) is 28.7 Å². The Morgan fingerprint density at radius 1 is 1.38 bits per heavy atom. The second-order valence-corrected chi connectivity index (χ2v) is 6.90. The summed E-state index contributed by atoms with van der Waals surface area (Å²) in [7, 11) is 1.62. The Bertz CT molecular complexity index is 713. The second kappa shape index (κ2) is 9.27. The van der Waals surface area contributed by atoms with Gasteiger partial charge in [0.25, 0.3) is 11.1 Å². The second-order valence-electron chi connectivity index (χ2n) is 5.88. The zero-order valence-electron chi connectivity index (χ0n) is 14.4. The molecule has 9 heteroatoms. The van der Waals surface area contributed by atoms with Crippen LogP contribution in [-0.4, -0.2) is 50.6 Å². The third-order valence-corrected chi connectivity index (χ3v) is 4.86. The molecule has 26 heavy (non-hydrogen) atoms. The molecule has 0 aromatic heterocycles. The van der Waals surface area contributed by atoms with Crippen LogP contribution in [-0.2, 0) is 9.53 Å². The average Bonchev–Trinajstić information content (AvgIpc) is 3.13. The van der Waals surface area contributed by atoms with Gasteiger partial charge < -0.3 is 20.1 Å². The van der Waals surface area contributed by atoms with E-state index in [1.807, 2.05) is 18.2 Å². The van der Waals surface area contributed by atoms with Gasteiger partial charge in [-0.15, -0.1) is 12.4 Å². The van der Waals surface area contributed by atoms with E-state index >= 15 is 0 Å². The smallest absolute Gasteiger partial charge is 0.290 e. The summed E-state index contributed by atoms with van der Waals surface area (Å²) in [5.41, 5.74) is 7.78. The lowest BCUT2D eigenvalue weighted by Gasteiger charge is -2.24. The number of hydrogen-bond donors (Lipinski definition) is 2. The first-order valence-electron chi connectivity index (χ1n) is 8.08. The first-order chi connectivity index (χ1) is 12.1. The van der Waals surface area contributed by atoms with Gasteiger partial charge in [-0.2, -0.15) is 0 Å². The molecule has 7 nitrogen and oxygen atoms in total. The predicted octanol–water partition coefficient (Wildman–Crippen LogP) is 1.99. The van der Waals surface area contributed by atoms with Gasteiger partial charge in [-0.25, -0.2) is 0 Å². The van der Waals surface area contributed by atoms with Crippen molar-refractivity contribution < 1.29 is 19.1 Å². The maximum absolute atomic E-state index is 11.9. The number of rotatable bonds is 6.